The summed E-state index contributed by atoms with van der Waals surface area (Å²) in [4.78, 5) is 11.7. The fourth-order valence-electron chi connectivity index (χ4n) is 2.04. The second-order valence-electron chi connectivity index (χ2n) is 5.00. The summed E-state index contributed by atoms with van der Waals surface area (Å²) >= 11 is 0. The lowest BCUT2D eigenvalue weighted by Crippen LogP contribution is -2.10. The Balaban J connectivity index is 2.03. The first-order valence-electron chi connectivity index (χ1n) is 7.38. The Morgan fingerprint density at radius 1 is 1.05 bits per heavy atom. The normalized spacial score (nSPS) is 10.2. The van der Waals surface area contributed by atoms with Crippen molar-refractivity contribution in [2.45, 2.75) is 51.4 Å². The van der Waals surface area contributed by atoms with Crippen LogP contribution >= 0.6 is 0 Å². The molecule has 0 unspecified atom stereocenters. The lowest BCUT2D eigenvalue weighted by molar-refractivity contribution is -0.116. The van der Waals surface area contributed by atoms with E-state index in [1.807, 2.05) is 6.08 Å². The first kappa shape index (κ1) is 16.4. The summed E-state index contributed by atoms with van der Waals surface area (Å²) in [5.74, 6) is -0.289. The van der Waals surface area contributed by atoms with Crippen molar-refractivity contribution >= 4 is 11.6 Å². The van der Waals surface area contributed by atoms with Gasteiger partial charge in [-0.05, 0) is 43.5 Å². The number of allylic oxidation sites excluding steroid dienone is 1. The molecule has 1 aromatic rings. The van der Waals surface area contributed by atoms with Gasteiger partial charge in [0.25, 0.3) is 0 Å². The minimum Gasteiger partial charge on any atom is -0.326 e. The van der Waals surface area contributed by atoms with Gasteiger partial charge in [-0.2, -0.15) is 0 Å². The van der Waals surface area contributed by atoms with Crippen LogP contribution in [0.4, 0.5) is 10.1 Å². The smallest absolute Gasteiger partial charge is 0.224 e. The zero-order chi connectivity index (χ0) is 14.6. The van der Waals surface area contributed by atoms with E-state index in [0.29, 0.717) is 12.1 Å². The first-order valence-corrected chi connectivity index (χ1v) is 7.38. The summed E-state index contributed by atoms with van der Waals surface area (Å²) in [5, 5.41) is 2.77. The van der Waals surface area contributed by atoms with Crippen LogP contribution in [-0.4, -0.2) is 5.91 Å². The topological polar surface area (TPSA) is 29.1 Å². The van der Waals surface area contributed by atoms with Crippen molar-refractivity contribution in [3.63, 3.8) is 0 Å². The Bertz CT molecular complexity index is 400. The van der Waals surface area contributed by atoms with Crippen molar-refractivity contribution in [2.75, 3.05) is 5.32 Å². The molecule has 1 rings (SSSR count). The molecule has 0 aliphatic rings. The third-order valence-electron chi connectivity index (χ3n) is 3.19. The fourth-order valence-corrected chi connectivity index (χ4v) is 2.04. The van der Waals surface area contributed by atoms with Crippen molar-refractivity contribution < 1.29 is 9.18 Å². The molecule has 0 bridgehead atoms. The van der Waals surface area contributed by atoms with Crippen LogP contribution in [-0.2, 0) is 4.79 Å². The second kappa shape index (κ2) is 10.2. The van der Waals surface area contributed by atoms with E-state index in [1.54, 1.807) is 12.1 Å². The van der Waals surface area contributed by atoms with Gasteiger partial charge >= 0.3 is 0 Å². The molecule has 0 aromatic heterocycles. The van der Waals surface area contributed by atoms with Crippen LogP contribution in [0.5, 0.6) is 0 Å². The van der Waals surface area contributed by atoms with E-state index in [1.165, 1.54) is 37.8 Å². The number of benzene rings is 1. The molecule has 0 saturated carbocycles. The largest absolute Gasteiger partial charge is 0.326 e. The van der Waals surface area contributed by atoms with Crippen LogP contribution in [0.3, 0.4) is 0 Å². The van der Waals surface area contributed by atoms with Gasteiger partial charge in [0, 0.05) is 12.1 Å². The number of anilines is 1. The molecule has 1 N–H and O–H groups in total. The van der Waals surface area contributed by atoms with Crippen LogP contribution in [0, 0.1) is 5.82 Å². The van der Waals surface area contributed by atoms with E-state index in [0.717, 1.165) is 19.3 Å². The molecule has 0 aliphatic carbocycles. The van der Waals surface area contributed by atoms with Crippen molar-refractivity contribution in [1.82, 2.24) is 0 Å². The van der Waals surface area contributed by atoms with Crippen LogP contribution in [0.1, 0.15) is 51.4 Å². The first-order chi connectivity index (χ1) is 9.72. The maximum Gasteiger partial charge on any atom is 0.224 e. The van der Waals surface area contributed by atoms with E-state index in [2.05, 4.69) is 11.9 Å². The lowest BCUT2D eigenvalue weighted by Gasteiger charge is -2.05. The molecule has 2 nitrogen and oxygen atoms in total. The molecule has 0 atom stereocenters. The van der Waals surface area contributed by atoms with Crippen molar-refractivity contribution in [2.24, 2.45) is 0 Å². The predicted octanol–water partition coefficient (Wildman–Crippen LogP) is 5.07. The molecular weight excluding hydrogens is 253 g/mol. The summed E-state index contributed by atoms with van der Waals surface area (Å²) in [6.07, 6.45) is 10.5. The summed E-state index contributed by atoms with van der Waals surface area (Å²) < 4.78 is 12.7. The molecule has 0 saturated heterocycles. The molecule has 0 spiro atoms. The van der Waals surface area contributed by atoms with E-state index < -0.39 is 0 Å². The maximum atomic E-state index is 12.7. The Morgan fingerprint density at radius 2 is 1.65 bits per heavy atom. The summed E-state index contributed by atoms with van der Waals surface area (Å²) in [5.41, 5.74) is 0.654. The van der Waals surface area contributed by atoms with Gasteiger partial charge in [0.2, 0.25) is 5.91 Å². The number of rotatable bonds is 10. The van der Waals surface area contributed by atoms with E-state index in [4.69, 9.17) is 0 Å². The minimum atomic E-state index is -0.292. The number of halogens is 1. The summed E-state index contributed by atoms with van der Waals surface area (Å²) in [6.45, 7) is 3.70. The molecule has 20 heavy (non-hydrogen) atoms. The highest BCUT2D eigenvalue weighted by Crippen LogP contribution is 2.11. The molecule has 110 valence electrons. The lowest BCUT2D eigenvalue weighted by atomic mass is 10.1. The van der Waals surface area contributed by atoms with Crippen LogP contribution in [0.2, 0.25) is 0 Å². The zero-order valence-corrected chi connectivity index (χ0v) is 12.0. The Labute approximate surface area is 121 Å². The number of nitrogens with one attached hydrogen (secondary N) is 1. The van der Waals surface area contributed by atoms with Gasteiger partial charge in [-0.15, -0.1) is 6.58 Å². The van der Waals surface area contributed by atoms with Gasteiger partial charge in [0.05, 0.1) is 0 Å². The van der Waals surface area contributed by atoms with Crippen molar-refractivity contribution in [3.8, 4) is 0 Å². The molecule has 0 aliphatic heterocycles. The van der Waals surface area contributed by atoms with Crippen molar-refractivity contribution in [1.29, 1.82) is 0 Å². The van der Waals surface area contributed by atoms with Gasteiger partial charge in [-0.1, -0.05) is 31.8 Å². The van der Waals surface area contributed by atoms with E-state index in [-0.39, 0.29) is 11.7 Å². The number of carbonyl (C=O) groups excluding carboxylic acids is 1. The highest BCUT2D eigenvalue weighted by molar-refractivity contribution is 5.90. The Morgan fingerprint density at radius 3 is 2.30 bits per heavy atom. The molecule has 1 aromatic carbocycles. The number of carbonyl (C=O) groups is 1. The van der Waals surface area contributed by atoms with E-state index in [9.17, 15) is 9.18 Å². The Hall–Kier alpha value is -1.64. The predicted molar refractivity (Wildman–Crippen MR) is 82.2 cm³/mol. The zero-order valence-electron chi connectivity index (χ0n) is 12.0. The van der Waals surface area contributed by atoms with Gasteiger partial charge in [0.15, 0.2) is 0 Å². The maximum absolute atomic E-state index is 12.7. The SMILES string of the molecule is C=CCCCCCCCCC(=O)Nc1ccc(F)cc1. The van der Waals surface area contributed by atoms with Gasteiger partial charge in [0.1, 0.15) is 5.82 Å². The second-order valence-corrected chi connectivity index (χ2v) is 5.00. The highest BCUT2D eigenvalue weighted by atomic mass is 19.1. The molecule has 3 heteroatoms. The number of hydrogen-bond donors (Lipinski definition) is 1. The molecule has 0 fully saturated rings. The van der Waals surface area contributed by atoms with Crippen LogP contribution in [0.25, 0.3) is 0 Å². The van der Waals surface area contributed by atoms with Gasteiger partial charge < -0.3 is 5.32 Å². The van der Waals surface area contributed by atoms with E-state index >= 15 is 0 Å². The monoisotopic (exact) mass is 277 g/mol. The third kappa shape index (κ3) is 7.72. The molecule has 1 amide bonds. The average molecular weight is 277 g/mol. The number of unbranched alkanes of at least 4 members (excludes halogenated alkanes) is 6. The standard InChI is InChI=1S/C17H24FNO/c1-2-3-4-5-6-7-8-9-10-17(20)19-16-13-11-15(18)12-14-16/h2,11-14H,1,3-10H2,(H,19,20). The third-order valence-corrected chi connectivity index (χ3v) is 3.19. The summed E-state index contributed by atoms with van der Waals surface area (Å²) in [7, 11) is 0. The van der Waals surface area contributed by atoms with Gasteiger partial charge in [-0.25, -0.2) is 4.39 Å². The Kier molecular flexibility index (Phi) is 8.36. The number of hydrogen-bond acceptors (Lipinski definition) is 1. The minimum absolute atomic E-state index is 0.00302. The molecular formula is C17H24FNO. The van der Waals surface area contributed by atoms with Crippen LogP contribution < -0.4 is 5.32 Å². The highest BCUT2D eigenvalue weighted by Gasteiger charge is 2.02. The fraction of sp³-hybridized carbons (Fsp3) is 0.471. The van der Waals surface area contributed by atoms with Gasteiger partial charge in [-0.3, -0.25) is 4.79 Å². The molecule has 0 radical (unpaired) electrons. The quantitative estimate of drug-likeness (QED) is 0.469. The van der Waals surface area contributed by atoms with Crippen LogP contribution in [0.15, 0.2) is 36.9 Å². The van der Waals surface area contributed by atoms with Crippen molar-refractivity contribution in [3.05, 3.63) is 42.7 Å². The summed E-state index contributed by atoms with van der Waals surface area (Å²) in [6, 6.07) is 5.84. The average Bonchev–Trinajstić information content (AvgIpc) is 2.44. The molecule has 0 heterocycles. The number of amides is 1.